The van der Waals surface area contributed by atoms with Crippen LogP contribution in [0.15, 0.2) is 23.1 Å². The molecule has 1 N–H and O–H groups in total. The molecule has 1 heterocycles. The second-order valence-corrected chi connectivity index (χ2v) is 7.56. The lowest BCUT2D eigenvalue weighted by atomic mass is 10.3. The first-order chi connectivity index (χ1) is 11.9. The molecule has 1 saturated heterocycles. The van der Waals surface area contributed by atoms with Gasteiger partial charge in [-0.1, -0.05) is 0 Å². The number of ether oxygens (including phenoxy) is 2. The lowest BCUT2D eigenvalue weighted by Gasteiger charge is -2.34. The van der Waals surface area contributed by atoms with Gasteiger partial charge in [0.15, 0.2) is 0 Å². The van der Waals surface area contributed by atoms with E-state index in [0.717, 1.165) is 0 Å². The van der Waals surface area contributed by atoms with E-state index >= 15 is 0 Å². The molecule has 0 saturated carbocycles. The Kier molecular flexibility index (Phi) is 8.61. The maximum atomic E-state index is 13.0. The van der Waals surface area contributed by atoms with Gasteiger partial charge < -0.3 is 19.7 Å². The normalized spacial score (nSPS) is 15.3. The van der Waals surface area contributed by atoms with E-state index in [0.29, 0.717) is 31.8 Å². The van der Waals surface area contributed by atoms with Crippen LogP contribution < -0.4 is 14.8 Å². The number of hydrogen-bond acceptors (Lipinski definition) is 6. The number of nitrogens with zero attached hydrogens (tertiary/aromatic N) is 2. The molecule has 0 bridgehead atoms. The van der Waals surface area contributed by atoms with Gasteiger partial charge in [0.2, 0.25) is 15.9 Å². The van der Waals surface area contributed by atoms with Crippen molar-refractivity contribution in [3.05, 3.63) is 18.2 Å². The van der Waals surface area contributed by atoms with Crippen molar-refractivity contribution in [2.75, 3.05) is 54.0 Å². The fourth-order valence-electron chi connectivity index (χ4n) is 2.69. The first kappa shape index (κ1) is 22.5. The first-order valence-corrected chi connectivity index (χ1v) is 9.52. The molecule has 10 heteroatoms. The van der Waals surface area contributed by atoms with E-state index in [1.54, 1.807) is 24.1 Å². The van der Waals surface area contributed by atoms with Gasteiger partial charge in [-0.2, -0.15) is 4.31 Å². The lowest BCUT2D eigenvalue weighted by molar-refractivity contribution is -0.132. The summed E-state index contributed by atoms with van der Waals surface area (Å²) in [6.07, 6.45) is 0.410. The zero-order valence-electron chi connectivity index (χ0n) is 15.2. The summed E-state index contributed by atoms with van der Waals surface area (Å²) in [6, 6.07) is 4.68. The van der Waals surface area contributed by atoms with Crippen LogP contribution in [0, 0.1) is 0 Å². The Hall–Kier alpha value is -1.55. The van der Waals surface area contributed by atoms with Gasteiger partial charge in [-0.15, -0.1) is 12.4 Å². The molecule has 1 amide bonds. The van der Waals surface area contributed by atoms with Crippen LogP contribution in [-0.2, 0) is 14.8 Å². The number of hydrogen-bond donors (Lipinski definition) is 1. The summed E-state index contributed by atoms with van der Waals surface area (Å²) in [5, 5.41) is 2.94. The number of rotatable bonds is 7. The molecule has 0 atom stereocenters. The Labute approximate surface area is 160 Å². The van der Waals surface area contributed by atoms with E-state index in [9.17, 15) is 13.2 Å². The van der Waals surface area contributed by atoms with Crippen LogP contribution in [0.1, 0.15) is 6.42 Å². The fraction of sp³-hybridized carbons (Fsp3) is 0.562. The molecular formula is C16H26ClN3O5S. The summed E-state index contributed by atoms with van der Waals surface area (Å²) < 4.78 is 37.6. The highest BCUT2D eigenvalue weighted by Crippen LogP contribution is 2.31. The average molecular weight is 408 g/mol. The van der Waals surface area contributed by atoms with Crippen LogP contribution in [-0.4, -0.2) is 77.5 Å². The Morgan fingerprint density at radius 1 is 1.15 bits per heavy atom. The number of carbonyl (C=O) groups is 1. The van der Waals surface area contributed by atoms with Crippen LogP contribution >= 0.6 is 12.4 Å². The molecule has 2 rings (SSSR count). The number of sulfonamides is 1. The zero-order chi connectivity index (χ0) is 18.4. The summed E-state index contributed by atoms with van der Waals surface area (Å²) >= 11 is 0. The quantitative estimate of drug-likeness (QED) is 0.710. The maximum absolute atomic E-state index is 13.0. The molecule has 0 radical (unpaired) electrons. The number of benzene rings is 1. The third-order valence-electron chi connectivity index (χ3n) is 4.17. The van der Waals surface area contributed by atoms with Crippen molar-refractivity contribution in [3.63, 3.8) is 0 Å². The van der Waals surface area contributed by atoms with E-state index in [2.05, 4.69) is 5.32 Å². The molecule has 148 valence electrons. The lowest BCUT2D eigenvalue weighted by Crippen LogP contribution is -2.50. The third-order valence-corrected chi connectivity index (χ3v) is 6.09. The number of halogens is 1. The van der Waals surface area contributed by atoms with Crippen LogP contribution in [0.3, 0.4) is 0 Å². The molecule has 1 aromatic rings. The van der Waals surface area contributed by atoms with E-state index in [1.165, 1.54) is 24.6 Å². The van der Waals surface area contributed by atoms with Crippen molar-refractivity contribution in [2.45, 2.75) is 11.3 Å². The molecule has 0 spiro atoms. The highest BCUT2D eigenvalue weighted by atomic mass is 35.5. The van der Waals surface area contributed by atoms with Gasteiger partial charge in [-0.05, 0) is 19.2 Å². The number of methoxy groups -OCH3 is 2. The van der Waals surface area contributed by atoms with Crippen LogP contribution in [0.4, 0.5) is 0 Å². The van der Waals surface area contributed by atoms with E-state index < -0.39 is 10.0 Å². The van der Waals surface area contributed by atoms with Gasteiger partial charge in [-0.3, -0.25) is 4.79 Å². The second-order valence-electron chi connectivity index (χ2n) is 5.66. The number of nitrogens with one attached hydrogen (secondary N) is 1. The Morgan fingerprint density at radius 2 is 1.81 bits per heavy atom. The molecule has 1 aliphatic rings. The van der Waals surface area contributed by atoms with Gasteiger partial charge in [-0.25, -0.2) is 8.42 Å². The highest BCUT2D eigenvalue weighted by Gasteiger charge is 2.32. The minimum absolute atomic E-state index is 0. The molecule has 0 aromatic heterocycles. The van der Waals surface area contributed by atoms with E-state index in [-0.39, 0.29) is 42.0 Å². The van der Waals surface area contributed by atoms with Crippen molar-refractivity contribution in [3.8, 4) is 11.5 Å². The third kappa shape index (κ3) is 5.00. The first-order valence-electron chi connectivity index (χ1n) is 8.08. The van der Waals surface area contributed by atoms with Crippen molar-refractivity contribution < 1.29 is 22.7 Å². The minimum Gasteiger partial charge on any atom is -0.497 e. The summed E-state index contributed by atoms with van der Waals surface area (Å²) in [5.74, 6) is 0.749. The van der Waals surface area contributed by atoms with Gasteiger partial charge in [0.1, 0.15) is 16.4 Å². The van der Waals surface area contributed by atoms with Gasteiger partial charge in [0.25, 0.3) is 0 Å². The molecule has 1 fully saturated rings. The van der Waals surface area contributed by atoms with Gasteiger partial charge in [0, 0.05) is 45.2 Å². The predicted octanol–water partition coefficient (Wildman–Crippen LogP) is 0.568. The summed E-state index contributed by atoms with van der Waals surface area (Å²) in [4.78, 5) is 13.8. The Bertz CT molecular complexity index is 706. The molecule has 1 aliphatic heterocycles. The standard InChI is InChI=1S/C16H25N3O5S.ClH/c1-17-7-6-16(20)18-8-10-19(11-9-18)25(21,22)15-12-13(23-2)4-5-14(15)24-3;/h4-5,12,17H,6-11H2,1-3H3;1H. The van der Waals surface area contributed by atoms with Crippen molar-refractivity contribution in [1.82, 2.24) is 14.5 Å². The second kappa shape index (κ2) is 9.96. The SMILES string of the molecule is CNCCC(=O)N1CCN(S(=O)(=O)c2cc(OC)ccc2OC)CC1.Cl. The van der Waals surface area contributed by atoms with Crippen LogP contribution in [0.25, 0.3) is 0 Å². The summed E-state index contributed by atoms with van der Waals surface area (Å²) in [6.45, 7) is 1.89. The summed E-state index contributed by atoms with van der Waals surface area (Å²) in [7, 11) is 0.975. The Morgan fingerprint density at radius 3 is 2.35 bits per heavy atom. The van der Waals surface area contributed by atoms with E-state index in [1.807, 2.05) is 0 Å². The largest absolute Gasteiger partial charge is 0.497 e. The molecule has 26 heavy (non-hydrogen) atoms. The minimum atomic E-state index is -3.73. The molecule has 8 nitrogen and oxygen atoms in total. The Balaban J connectivity index is 0.00000338. The topological polar surface area (TPSA) is 88.2 Å². The zero-order valence-corrected chi connectivity index (χ0v) is 16.9. The van der Waals surface area contributed by atoms with Crippen molar-refractivity contribution >= 4 is 28.3 Å². The fourth-order valence-corrected chi connectivity index (χ4v) is 4.29. The number of piperazine rings is 1. The van der Waals surface area contributed by atoms with Gasteiger partial charge in [0.05, 0.1) is 14.2 Å². The molecule has 0 unspecified atom stereocenters. The molecule has 1 aromatic carbocycles. The van der Waals surface area contributed by atoms with E-state index in [4.69, 9.17) is 9.47 Å². The number of amides is 1. The molecular weight excluding hydrogens is 382 g/mol. The summed E-state index contributed by atoms with van der Waals surface area (Å²) in [5.41, 5.74) is 0. The maximum Gasteiger partial charge on any atom is 0.247 e. The van der Waals surface area contributed by atoms with Crippen LogP contribution in [0.2, 0.25) is 0 Å². The highest BCUT2D eigenvalue weighted by molar-refractivity contribution is 7.89. The smallest absolute Gasteiger partial charge is 0.247 e. The molecule has 0 aliphatic carbocycles. The van der Waals surface area contributed by atoms with Gasteiger partial charge >= 0.3 is 0 Å². The van der Waals surface area contributed by atoms with Crippen molar-refractivity contribution in [1.29, 1.82) is 0 Å². The van der Waals surface area contributed by atoms with Crippen LogP contribution in [0.5, 0.6) is 11.5 Å². The average Bonchev–Trinajstić information content (AvgIpc) is 2.65. The predicted molar refractivity (Wildman–Crippen MR) is 101 cm³/mol. The monoisotopic (exact) mass is 407 g/mol. The van der Waals surface area contributed by atoms with Crippen molar-refractivity contribution in [2.24, 2.45) is 0 Å². The number of carbonyl (C=O) groups excluding carboxylic acids is 1.